The van der Waals surface area contributed by atoms with Gasteiger partial charge in [0, 0.05) is 24.0 Å². The minimum atomic E-state index is -3.32. The molecule has 4 rings (SSSR count). The minimum Gasteiger partial charge on any atom is -0.370 e. The van der Waals surface area contributed by atoms with Crippen LogP contribution in [-0.4, -0.2) is 35.8 Å². The maximum atomic E-state index is 11.4. The topological polar surface area (TPSA) is 88.4 Å². The molecule has 0 saturated heterocycles. The maximum absolute atomic E-state index is 11.4. The third-order valence-corrected chi connectivity index (χ3v) is 4.75. The summed E-state index contributed by atoms with van der Waals surface area (Å²) in [6.07, 6.45) is 7.21. The Kier molecular flexibility index (Phi) is 3.84. The third-order valence-electron chi connectivity index (χ3n) is 4.15. The number of nitrogens with zero attached hydrogens (tertiary/aromatic N) is 3. The Labute approximate surface area is 146 Å². The van der Waals surface area contributed by atoms with Gasteiger partial charge >= 0.3 is 0 Å². The van der Waals surface area contributed by atoms with Crippen molar-refractivity contribution in [1.82, 2.24) is 14.6 Å². The Morgan fingerprint density at radius 2 is 2.12 bits per heavy atom. The first-order valence-electron chi connectivity index (χ1n) is 8.14. The SMILES string of the molecule is CS(=O)(=O)Nc1cccc(-c2cnn3c(NCC4CC4)ccnc23)c1. The number of fused-ring (bicyclic) bond motifs is 1. The van der Waals surface area contributed by atoms with Crippen LogP contribution in [0.15, 0.2) is 42.7 Å². The van der Waals surface area contributed by atoms with E-state index in [1.165, 1.54) is 12.8 Å². The summed E-state index contributed by atoms with van der Waals surface area (Å²) >= 11 is 0. The molecule has 130 valence electrons. The molecular formula is C17H19N5O2S. The molecule has 1 aliphatic carbocycles. The summed E-state index contributed by atoms with van der Waals surface area (Å²) in [7, 11) is -3.32. The molecular weight excluding hydrogens is 338 g/mol. The molecule has 0 amide bonds. The van der Waals surface area contributed by atoms with Crippen molar-refractivity contribution in [3.63, 3.8) is 0 Å². The van der Waals surface area contributed by atoms with Gasteiger partial charge in [-0.2, -0.15) is 9.61 Å². The predicted octanol–water partition coefficient (Wildman–Crippen LogP) is 2.59. The second kappa shape index (κ2) is 6.03. The van der Waals surface area contributed by atoms with Gasteiger partial charge in [0.2, 0.25) is 10.0 Å². The van der Waals surface area contributed by atoms with Gasteiger partial charge in [-0.05, 0) is 42.5 Å². The van der Waals surface area contributed by atoms with Crippen LogP contribution in [0.25, 0.3) is 16.8 Å². The molecule has 1 fully saturated rings. The highest BCUT2D eigenvalue weighted by atomic mass is 32.2. The molecule has 3 aromatic rings. The van der Waals surface area contributed by atoms with Crippen LogP contribution in [0.4, 0.5) is 11.5 Å². The second-order valence-electron chi connectivity index (χ2n) is 6.40. The van der Waals surface area contributed by atoms with Crippen LogP contribution in [0.3, 0.4) is 0 Å². The number of aromatic nitrogens is 3. The highest BCUT2D eigenvalue weighted by molar-refractivity contribution is 7.92. The molecule has 8 heteroatoms. The molecule has 0 unspecified atom stereocenters. The Hall–Kier alpha value is -2.61. The number of anilines is 2. The lowest BCUT2D eigenvalue weighted by Gasteiger charge is -2.08. The first-order chi connectivity index (χ1) is 12.0. The van der Waals surface area contributed by atoms with Crippen LogP contribution in [0, 0.1) is 5.92 Å². The fourth-order valence-corrected chi connectivity index (χ4v) is 3.32. The maximum Gasteiger partial charge on any atom is 0.229 e. The summed E-state index contributed by atoms with van der Waals surface area (Å²) < 4.78 is 27.2. The van der Waals surface area contributed by atoms with E-state index >= 15 is 0 Å². The van der Waals surface area contributed by atoms with Gasteiger partial charge in [0.1, 0.15) is 5.82 Å². The van der Waals surface area contributed by atoms with Gasteiger partial charge in [0.25, 0.3) is 0 Å². The van der Waals surface area contributed by atoms with Gasteiger partial charge in [-0.3, -0.25) is 4.72 Å². The summed E-state index contributed by atoms with van der Waals surface area (Å²) in [6.45, 7) is 0.946. The average molecular weight is 357 g/mol. The van der Waals surface area contributed by atoms with E-state index < -0.39 is 10.0 Å². The van der Waals surface area contributed by atoms with Crippen LogP contribution >= 0.6 is 0 Å². The summed E-state index contributed by atoms with van der Waals surface area (Å²) in [6, 6.07) is 9.13. The quantitative estimate of drug-likeness (QED) is 0.708. The van der Waals surface area contributed by atoms with Crippen LogP contribution in [0.1, 0.15) is 12.8 Å². The molecule has 2 N–H and O–H groups in total. The van der Waals surface area contributed by atoms with Gasteiger partial charge in [0.05, 0.1) is 12.5 Å². The zero-order chi connectivity index (χ0) is 17.4. The lowest BCUT2D eigenvalue weighted by molar-refractivity contribution is 0.607. The fourth-order valence-electron chi connectivity index (χ4n) is 2.76. The van der Waals surface area contributed by atoms with E-state index in [0.29, 0.717) is 5.69 Å². The number of rotatable bonds is 6. The molecule has 25 heavy (non-hydrogen) atoms. The lowest BCUT2D eigenvalue weighted by atomic mass is 10.1. The van der Waals surface area contributed by atoms with Gasteiger partial charge in [0.15, 0.2) is 5.65 Å². The molecule has 2 heterocycles. The van der Waals surface area contributed by atoms with Crippen molar-refractivity contribution >= 4 is 27.2 Å². The van der Waals surface area contributed by atoms with Crippen LogP contribution in [0.5, 0.6) is 0 Å². The van der Waals surface area contributed by atoms with Crippen molar-refractivity contribution < 1.29 is 8.42 Å². The predicted molar refractivity (Wildman–Crippen MR) is 98.1 cm³/mol. The molecule has 0 aliphatic heterocycles. The molecule has 1 saturated carbocycles. The Balaban J connectivity index is 1.69. The molecule has 1 aliphatic rings. The Morgan fingerprint density at radius 3 is 2.88 bits per heavy atom. The number of sulfonamides is 1. The summed E-state index contributed by atoms with van der Waals surface area (Å²) in [5, 5.41) is 7.88. The number of nitrogens with one attached hydrogen (secondary N) is 2. The first kappa shape index (κ1) is 15.9. The van der Waals surface area contributed by atoms with E-state index in [1.54, 1.807) is 29.0 Å². The average Bonchev–Trinajstić information content (AvgIpc) is 3.28. The molecule has 2 aromatic heterocycles. The smallest absolute Gasteiger partial charge is 0.229 e. The zero-order valence-electron chi connectivity index (χ0n) is 13.8. The van der Waals surface area contributed by atoms with E-state index in [-0.39, 0.29) is 0 Å². The molecule has 1 aromatic carbocycles. The van der Waals surface area contributed by atoms with Crippen LogP contribution in [0.2, 0.25) is 0 Å². The number of benzene rings is 1. The van der Waals surface area contributed by atoms with Crippen molar-refractivity contribution in [1.29, 1.82) is 0 Å². The normalized spacial score (nSPS) is 14.6. The summed E-state index contributed by atoms with van der Waals surface area (Å²) in [5.74, 6) is 1.67. The lowest BCUT2D eigenvalue weighted by Crippen LogP contribution is -2.09. The van der Waals surface area contributed by atoms with E-state index in [4.69, 9.17) is 0 Å². The summed E-state index contributed by atoms with van der Waals surface area (Å²) in [4.78, 5) is 4.45. The molecule has 0 spiro atoms. The van der Waals surface area contributed by atoms with E-state index in [0.717, 1.165) is 41.3 Å². The third kappa shape index (κ3) is 3.58. The standard InChI is InChI=1S/C17H19N5O2S/c1-25(23,24)21-14-4-2-3-13(9-14)15-11-20-22-16(7-8-18-17(15)22)19-10-12-5-6-12/h2-4,7-9,11-12,19,21H,5-6,10H2,1H3. The zero-order valence-corrected chi connectivity index (χ0v) is 14.6. The van der Waals surface area contributed by atoms with Gasteiger partial charge in [-0.15, -0.1) is 0 Å². The first-order valence-corrected chi connectivity index (χ1v) is 10.0. The van der Waals surface area contributed by atoms with Crippen LogP contribution < -0.4 is 10.0 Å². The van der Waals surface area contributed by atoms with Crippen molar-refractivity contribution in [2.45, 2.75) is 12.8 Å². The Bertz CT molecular complexity index is 1020. The second-order valence-corrected chi connectivity index (χ2v) is 8.15. The molecule has 0 atom stereocenters. The highest BCUT2D eigenvalue weighted by Crippen LogP contribution is 2.30. The van der Waals surface area contributed by atoms with Crippen molar-refractivity contribution in [2.24, 2.45) is 5.92 Å². The van der Waals surface area contributed by atoms with E-state index in [1.807, 2.05) is 18.2 Å². The van der Waals surface area contributed by atoms with E-state index in [2.05, 4.69) is 20.1 Å². The van der Waals surface area contributed by atoms with Gasteiger partial charge in [-0.25, -0.2) is 13.4 Å². The van der Waals surface area contributed by atoms with Crippen LogP contribution in [-0.2, 0) is 10.0 Å². The minimum absolute atomic E-state index is 0.516. The van der Waals surface area contributed by atoms with Crippen molar-refractivity contribution in [3.8, 4) is 11.1 Å². The van der Waals surface area contributed by atoms with E-state index in [9.17, 15) is 8.42 Å². The summed E-state index contributed by atoms with van der Waals surface area (Å²) in [5.41, 5.74) is 2.96. The van der Waals surface area contributed by atoms with Gasteiger partial charge in [-0.1, -0.05) is 12.1 Å². The fraction of sp³-hybridized carbons (Fsp3) is 0.294. The highest BCUT2D eigenvalue weighted by Gasteiger charge is 2.21. The monoisotopic (exact) mass is 357 g/mol. The molecule has 7 nitrogen and oxygen atoms in total. The Morgan fingerprint density at radius 1 is 1.28 bits per heavy atom. The van der Waals surface area contributed by atoms with Crippen molar-refractivity contribution in [3.05, 3.63) is 42.7 Å². The van der Waals surface area contributed by atoms with Crippen molar-refractivity contribution in [2.75, 3.05) is 22.8 Å². The molecule has 0 radical (unpaired) electrons. The number of hydrogen-bond donors (Lipinski definition) is 2. The van der Waals surface area contributed by atoms with Gasteiger partial charge < -0.3 is 5.32 Å². The number of hydrogen-bond acceptors (Lipinski definition) is 5. The molecule has 0 bridgehead atoms. The largest absolute Gasteiger partial charge is 0.370 e.